The van der Waals surface area contributed by atoms with Gasteiger partial charge in [0.05, 0.1) is 37.6 Å². The number of likely N-dealkylation sites (tertiary alicyclic amines) is 1. The molecule has 1 aliphatic carbocycles. The average molecular weight is 752 g/mol. The molecule has 14 nitrogen and oxygen atoms in total. The van der Waals surface area contributed by atoms with Crippen LogP contribution in [-0.2, 0) is 36.7 Å². The van der Waals surface area contributed by atoms with Gasteiger partial charge >= 0.3 is 12.0 Å². The van der Waals surface area contributed by atoms with Crippen LogP contribution >= 0.6 is 0 Å². The maximum absolute atomic E-state index is 14.2. The van der Waals surface area contributed by atoms with Crippen LogP contribution in [0.1, 0.15) is 95.2 Å². The summed E-state index contributed by atoms with van der Waals surface area (Å²) >= 11 is 0. The number of nitrogens with zero attached hydrogens (tertiary/aromatic N) is 2. The lowest BCUT2D eigenvalue weighted by molar-refractivity contribution is -0.149. The van der Waals surface area contributed by atoms with Crippen molar-refractivity contribution in [2.45, 2.75) is 127 Å². The third-order valence-electron chi connectivity index (χ3n) is 11.0. The number of carbonyl (C=O) groups is 4. The molecule has 54 heavy (non-hydrogen) atoms. The number of ether oxygens (including phenoxy) is 2. The number of hydrogen-bond acceptors (Lipinski definition) is 9. The van der Waals surface area contributed by atoms with Gasteiger partial charge in [-0.25, -0.2) is 9.78 Å². The molecule has 1 unspecified atom stereocenters. The molecular formula is C40H61N7O7. The zero-order chi connectivity index (χ0) is 38.1. The van der Waals surface area contributed by atoms with E-state index in [1.165, 1.54) is 12.7 Å². The third kappa shape index (κ3) is 13.1. The van der Waals surface area contributed by atoms with Crippen LogP contribution in [0.5, 0.6) is 0 Å². The van der Waals surface area contributed by atoms with E-state index in [2.05, 4.69) is 31.2 Å². The van der Waals surface area contributed by atoms with E-state index in [-0.39, 0.29) is 31.0 Å². The number of imidazole rings is 1. The number of aliphatic hydroxyl groups is 1. The summed E-state index contributed by atoms with van der Waals surface area (Å²) in [7, 11) is 0. The molecule has 2 aliphatic heterocycles. The van der Waals surface area contributed by atoms with Crippen LogP contribution < -0.4 is 21.3 Å². The van der Waals surface area contributed by atoms with Crippen molar-refractivity contribution in [2.24, 2.45) is 11.8 Å². The molecule has 5 atom stereocenters. The van der Waals surface area contributed by atoms with Crippen molar-refractivity contribution in [3.63, 3.8) is 0 Å². The number of esters is 1. The molecule has 14 heteroatoms. The van der Waals surface area contributed by atoms with Gasteiger partial charge in [-0.1, -0.05) is 62.4 Å². The van der Waals surface area contributed by atoms with Gasteiger partial charge in [0.25, 0.3) is 0 Å². The van der Waals surface area contributed by atoms with E-state index in [1.54, 1.807) is 18.0 Å². The van der Waals surface area contributed by atoms with Gasteiger partial charge < -0.3 is 40.4 Å². The molecule has 0 bridgehead atoms. The molecule has 298 valence electrons. The number of nitrogens with one attached hydrogen (secondary N) is 5. The van der Waals surface area contributed by atoms with Crippen LogP contribution in [0.25, 0.3) is 0 Å². The first kappa shape index (κ1) is 41.2. The van der Waals surface area contributed by atoms with E-state index in [0.717, 1.165) is 57.1 Å². The number of carbonyl (C=O) groups excluding carboxylic acids is 4. The third-order valence-corrected chi connectivity index (χ3v) is 11.0. The Bertz CT molecular complexity index is 1430. The van der Waals surface area contributed by atoms with Crippen molar-refractivity contribution in [2.75, 3.05) is 32.8 Å². The van der Waals surface area contributed by atoms with Gasteiger partial charge in [0.15, 0.2) is 0 Å². The normalized spacial score (nSPS) is 20.6. The molecule has 0 spiro atoms. The lowest BCUT2D eigenvalue weighted by Gasteiger charge is -2.33. The van der Waals surface area contributed by atoms with E-state index >= 15 is 0 Å². The minimum Gasteiger partial charge on any atom is -0.466 e. The van der Waals surface area contributed by atoms with Gasteiger partial charge in [0.2, 0.25) is 11.8 Å². The van der Waals surface area contributed by atoms with Crippen LogP contribution in [-0.4, -0.2) is 107 Å². The number of urea groups is 1. The highest BCUT2D eigenvalue weighted by atomic mass is 16.5. The number of aliphatic hydroxyl groups excluding tert-OH is 1. The van der Waals surface area contributed by atoms with Crippen molar-refractivity contribution in [1.82, 2.24) is 36.1 Å². The molecule has 1 aromatic carbocycles. The fraction of sp³-hybridized carbons (Fsp3) is 0.675. The molecule has 0 radical (unpaired) electrons. The molecule has 4 amide bonds. The summed E-state index contributed by atoms with van der Waals surface area (Å²) in [6.07, 6.45) is 13.3. The van der Waals surface area contributed by atoms with Crippen LogP contribution in [0.3, 0.4) is 0 Å². The minimum atomic E-state index is -1.02. The van der Waals surface area contributed by atoms with E-state index in [9.17, 15) is 24.3 Å². The van der Waals surface area contributed by atoms with Crippen molar-refractivity contribution in [3.05, 3.63) is 54.1 Å². The number of hydrogen-bond donors (Lipinski definition) is 6. The zero-order valence-corrected chi connectivity index (χ0v) is 31.8. The minimum absolute atomic E-state index is 0.0212. The molecular weight excluding hydrogens is 690 g/mol. The average Bonchev–Trinajstić information content (AvgIpc) is 3.71. The predicted molar refractivity (Wildman–Crippen MR) is 203 cm³/mol. The van der Waals surface area contributed by atoms with E-state index in [4.69, 9.17) is 9.47 Å². The SMILES string of the molecule is CCOC(=O)C1CCN(C(=O)N[C@@H](Cc2ccccc2)C(=O)N[C@@H](Cc2cnc[nH]2)C(=O)N[C@@H](CC2CCCCC2)[C@@H](O)CCOC2CCCCN2)CC1. The van der Waals surface area contributed by atoms with Gasteiger partial charge in [-0.05, 0) is 69.9 Å². The first-order chi connectivity index (χ1) is 26.3. The van der Waals surface area contributed by atoms with Crippen molar-refractivity contribution >= 4 is 23.8 Å². The van der Waals surface area contributed by atoms with Crippen molar-refractivity contribution in [1.29, 1.82) is 0 Å². The molecule has 1 saturated carbocycles. The summed E-state index contributed by atoms with van der Waals surface area (Å²) in [6, 6.07) is 6.45. The summed E-state index contributed by atoms with van der Waals surface area (Å²) in [4.78, 5) is 63.0. The van der Waals surface area contributed by atoms with Crippen LogP contribution in [0.15, 0.2) is 42.9 Å². The second-order valence-corrected chi connectivity index (χ2v) is 15.1. The highest BCUT2D eigenvalue weighted by molar-refractivity contribution is 5.92. The molecule has 3 aliphatic rings. The Labute approximate surface area is 319 Å². The standard InChI is InChI=1S/C40H61N7O7/c1-2-53-39(51)30-16-20-47(21-17-30)40(52)46-33(24-29-13-7-4-8-14-29)37(49)45-34(25-31-26-41-27-43-31)38(50)44-32(23-28-11-5-3-6-12-28)35(48)18-22-54-36-15-9-10-19-42-36/h4,7-8,13-14,26-28,30,32-36,42,48H,2-3,5-6,9-12,15-25H2,1H3,(H,41,43)(H,44,50)(H,45,49)(H,46,52)/t32-,33-,34-,35-,36?/m0/s1. The molecule has 3 fully saturated rings. The highest BCUT2D eigenvalue weighted by Crippen LogP contribution is 2.28. The summed E-state index contributed by atoms with van der Waals surface area (Å²) in [6.45, 7) is 4.08. The monoisotopic (exact) mass is 751 g/mol. The Kier molecular flexibility index (Phi) is 16.6. The maximum Gasteiger partial charge on any atom is 0.318 e. The van der Waals surface area contributed by atoms with Gasteiger partial charge in [-0.3, -0.25) is 19.7 Å². The Hall–Kier alpha value is -4.01. The number of benzene rings is 1. The number of aromatic amines is 1. The molecule has 2 saturated heterocycles. The predicted octanol–water partition coefficient (Wildman–Crippen LogP) is 3.36. The lowest BCUT2D eigenvalue weighted by atomic mass is 9.83. The van der Waals surface area contributed by atoms with Gasteiger partial charge in [-0.2, -0.15) is 0 Å². The maximum atomic E-state index is 14.2. The Morgan fingerprint density at radius 2 is 1.63 bits per heavy atom. The lowest BCUT2D eigenvalue weighted by Crippen LogP contribution is -2.59. The largest absolute Gasteiger partial charge is 0.466 e. The van der Waals surface area contributed by atoms with E-state index in [0.29, 0.717) is 63.6 Å². The van der Waals surface area contributed by atoms with Crippen molar-refractivity contribution in [3.8, 4) is 0 Å². The number of H-pyrrole nitrogens is 1. The molecule has 6 N–H and O–H groups in total. The summed E-state index contributed by atoms with van der Waals surface area (Å²) in [5.41, 5.74) is 1.50. The second-order valence-electron chi connectivity index (χ2n) is 15.1. The van der Waals surface area contributed by atoms with Crippen LogP contribution in [0.2, 0.25) is 0 Å². The number of amides is 4. The molecule has 3 heterocycles. The first-order valence-electron chi connectivity index (χ1n) is 20.2. The van der Waals surface area contributed by atoms with E-state index < -0.39 is 42.1 Å². The Morgan fingerprint density at radius 3 is 2.31 bits per heavy atom. The van der Waals surface area contributed by atoms with Gasteiger partial charge in [0, 0.05) is 37.8 Å². The Morgan fingerprint density at radius 1 is 0.907 bits per heavy atom. The number of rotatable bonds is 18. The zero-order valence-electron chi connectivity index (χ0n) is 31.8. The van der Waals surface area contributed by atoms with Crippen LogP contribution in [0, 0.1) is 11.8 Å². The summed E-state index contributed by atoms with van der Waals surface area (Å²) in [5, 5.41) is 23.9. The second kappa shape index (κ2) is 21.8. The summed E-state index contributed by atoms with van der Waals surface area (Å²) in [5.74, 6) is -1.06. The smallest absolute Gasteiger partial charge is 0.318 e. The molecule has 2 aromatic rings. The first-order valence-corrected chi connectivity index (χ1v) is 20.2. The Balaban J connectivity index is 1.27. The topological polar surface area (TPSA) is 187 Å². The molecule has 5 rings (SSSR count). The highest BCUT2D eigenvalue weighted by Gasteiger charge is 2.34. The van der Waals surface area contributed by atoms with Crippen LogP contribution in [0.4, 0.5) is 4.79 Å². The number of piperidine rings is 2. The fourth-order valence-electron chi connectivity index (χ4n) is 7.85. The number of aromatic nitrogens is 2. The fourth-order valence-corrected chi connectivity index (χ4v) is 7.85. The quantitative estimate of drug-likeness (QED) is 0.124. The van der Waals surface area contributed by atoms with Gasteiger partial charge in [0.1, 0.15) is 18.3 Å². The van der Waals surface area contributed by atoms with Crippen molar-refractivity contribution < 1.29 is 33.8 Å². The van der Waals surface area contributed by atoms with E-state index in [1.807, 2.05) is 30.3 Å². The summed E-state index contributed by atoms with van der Waals surface area (Å²) < 4.78 is 11.2. The van der Waals surface area contributed by atoms with Gasteiger partial charge in [-0.15, -0.1) is 0 Å². The molecule has 1 aromatic heterocycles.